The van der Waals surface area contributed by atoms with Gasteiger partial charge in [-0.3, -0.25) is 9.59 Å². The molecule has 1 atom stereocenters. The van der Waals surface area contributed by atoms with Crippen molar-refractivity contribution in [1.82, 2.24) is 9.97 Å². The Labute approximate surface area is 178 Å². The molecule has 0 fully saturated rings. The smallest absolute Gasteiger partial charge is 0.260 e. The second-order valence-corrected chi connectivity index (χ2v) is 10.1. The molecule has 152 valence electrons. The molecule has 4 rings (SSSR count). The van der Waals surface area contributed by atoms with Crippen LogP contribution in [0.3, 0.4) is 0 Å². The van der Waals surface area contributed by atoms with Gasteiger partial charge in [-0.15, -0.1) is 11.3 Å². The molecule has 0 bridgehead atoms. The van der Waals surface area contributed by atoms with Gasteiger partial charge in [0, 0.05) is 10.6 Å². The number of anilines is 1. The van der Waals surface area contributed by atoms with Crippen LogP contribution < -0.4 is 10.9 Å². The average Bonchev–Trinajstić information content (AvgIpc) is 3.00. The van der Waals surface area contributed by atoms with Gasteiger partial charge in [-0.1, -0.05) is 36.4 Å². The molecule has 0 radical (unpaired) electrons. The van der Waals surface area contributed by atoms with Crippen LogP contribution in [0.25, 0.3) is 10.2 Å². The molecule has 7 heteroatoms. The Morgan fingerprint density at radius 3 is 2.76 bits per heavy atom. The molecule has 2 aromatic heterocycles. The van der Waals surface area contributed by atoms with Gasteiger partial charge in [0.05, 0.1) is 11.1 Å². The quantitative estimate of drug-likeness (QED) is 0.465. The van der Waals surface area contributed by atoms with Crippen molar-refractivity contribution in [3.8, 4) is 0 Å². The maximum absolute atomic E-state index is 12.7. The van der Waals surface area contributed by atoms with Gasteiger partial charge in [-0.05, 0) is 62.6 Å². The number of nitrogens with zero attached hydrogens (tertiary/aromatic N) is 1. The van der Waals surface area contributed by atoms with Crippen LogP contribution in [-0.2, 0) is 17.6 Å². The minimum Gasteiger partial charge on any atom is -0.325 e. The van der Waals surface area contributed by atoms with Gasteiger partial charge in [0.15, 0.2) is 5.16 Å². The first-order chi connectivity index (χ1) is 13.8. The number of benzene rings is 1. The van der Waals surface area contributed by atoms with E-state index in [2.05, 4.69) is 34.3 Å². The van der Waals surface area contributed by atoms with E-state index in [-0.39, 0.29) is 17.2 Å². The maximum Gasteiger partial charge on any atom is 0.260 e. The highest BCUT2D eigenvalue weighted by molar-refractivity contribution is 7.99. The van der Waals surface area contributed by atoms with Crippen LogP contribution in [0.1, 0.15) is 40.5 Å². The van der Waals surface area contributed by atoms with Crippen molar-refractivity contribution < 1.29 is 4.79 Å². The van der Waals surface area contributed by atoms with Gasteiger partial charge in [0.25, 0.3) is 5.56 Å². The Morgan fingerprint density at radius 1 is 1.31 bits per heavy atom. The predicted molar refractivity (Wildman–Crippen MR) is 121 cm³/mol. The van der Waals surface area contributed by atoms with Crippen LogP contribution in [0.2, 0.25) is 0 Å². The third-order valence-corrected chi connectivity index (χ3v) is 7.45. The Bertz CT molecular complexity index is 1140. The number of carbonyl (C=O) groups is 1. The standard InChI is InChI=1S/C22H25N3O2S2/c1-11-5-6-15-16(9-11)29-21-18(15)20(27)24-22(25-21)28-10-17(26)23-19-13(3)7-12(2)8-14(19)4/h7-8,11H,5-6,9-10H2,1-4H3,(H,23,26)(H,24,25,27)/t11-/m1/s1. The minimum absolute atomic E-state index is 0.0878. The van der Waals surface area contributed by atoms with Crippen molar-refractivity contribution >= 4 is 44.9 Å². The van der Waals surface area contributed by atoms with Crippen molar-refractivity contribution in [1.29, 1.82) is 0 Å². The van der Waals surface area contributed by atoms with Gasteiger partial charge in [0.1, 0.15) is 4.83 Å². The van der Waals surface area contributed by atoms with E-state index in [0.717, 1.165) is 46.3 Å². The summed E-state index contributed by atoms with van der Waals surface area (Å²) in [6, 6.07) is 4.12. The lowest BCUT2D eigenvalue weighted by Gasteiger charge is -2.17. The first-order valence-corrected chi connectivity index (χ1v) is 11.7. The predicted octanol–water partition coefficient (Wildman–Crippen LogP) is 4.77. The number of thiophene rings is 1. The van der Waals surface area contributed by atoms with E-state index in [1.807, 2.05) is 20.8 Å². The van der Waals surface area contributed by atoms with Crippen LogP contribution in [-0.4, -0.2) is 21.6 Å². The van der Waals surface area contributed by atoms with Crippen LogP contribution in [0, 0.1) is 26.7 Å². The summed E-state index contributed by atoms with van der Waals surface area (Å²) in [5.41, 5.74) is 5.22. The number of aromatic amines is 1. The number of carbonyl (C=O) groups excluding carboxylic acids is 1. The summed E-state index contributed by atoms with van der Waals surface area (Å²) in [5.74, 6) is 0.747. The highest BCUT2D eigenvalue weighted by Gasteiger charge is 2.23. The molecule has 0 aliphatic heterocycles. The van der Waals surface area contributed by atoms with Crippen LogP contribution in [0.5, 0.6) is 0 Å². The largest absolute Gasteiger partial charge is 0.325 e. The van der Waals surface area contributed by atoms with Crippen molar-refractivity contribution in [3.63, 3.8) is 0 Å². The minimum atomic E-state index is -0.105. The second-order valence-electron chi connectivity index (χ2n) is 8.01. The number of amides is 1. The zero-order chi connectivity index (χ0) is 20.7. The third kappa shape index (κ3) is 4.12. The number of hydrogen-bond acceptors (Lipinski definition) is 5. The summed E-state index contributed by atoms with van der Waals surface area (Å²) in [7, 11) is 0. The molecule has 1 aromatic carbocycles. The van der Waals surface area contributed by atoms with Gasteiger partial charge in [-0.25, -0.2) is 4.98 Å². The molecule has 0 spiro atoms. The molecule has 1 amide bonds. The van der Waals surface area contributed by atoms with E-state index in [4.69, 9.17) is 0 Å². The summed E-state index contributed by atoms with van der Waals surface area (Å²) in [6.07, 6.45) is 3.09. The average molecular weight is 428 g/mol. The highest BCUT2D eigenvalue weighted by Crippen LogP contribution is 2.36. The zero-order valence-corrected chi connectivity index (χ0v) is 18.8. The van der Waals surface area contributed by atoms with Gasteiger partial charge in [0.2, 0.25) is 5.91 Å². The molecule has 1 aliphatic carbocycles. The van der Waals surface area contributed by atoms with E-state index in [1.54, 1.807) is 11.3 Å². The molecular weight excluding hydrogens is 402 g/mol. The maximum atomic E-state index is 12.7. The summed E-state index contributed by atoms with van der Waals surface area (Å²) in [5, 5.41) is 4.24. The topological polar surface area (TPSA) is 74.8 Å². The number of H-pyrrole nitrogens is 1. The third-order valence-electron chi connectivity index (χ3n) is 5.43. The molecule has 0 unspecified atom stereocenters. The molecule has 2 N–H and O–H groups in total. The Morgan fingerprint density at radius 2 is 2.03 bits per heavy atom. The molecule has 5 nitrogen and oxygen atoms in total. The fourth-order valence-electron chi connectivity index (χ4n) is 4.08. The second kappa shape index (κ2) is 7.95. The van der Waals surface area contributed by atoms with Crippen LogP contribution >= 0.6 is 23.1 Å². The fraction of sp³-hybridized carbons (Fsp3) is 0.409. The normalized spacial score (nSPS) is 16.1. The van der Waals surface area contributed by atoms with Crippen LogP contribution in [0.15, 0.2) is 22.1 Å². The summed E-state index contributed by atoms with van der Waals surface area (Å²) in [4.78, 5) is 34.7. The first kappa shape index (κ1) is 20.2. The Balaban J connectivity index is 1.50. The van der Waals surface area contributed by atoms with Crippen molar-refractivity contribution in [2.45, 2.75) is 52.1 Å². The van der Waals surface area contributed by atoms with E-state index >= 15 is 0 Å². The van der Waals surface area contributed by atoms with Gasteiger partial charge in [-0.2, -0.15) is 0 Å². The van der Waals surface area contributed by atoms with E-state index in [1.165, 1.54) is 27.8 Å². The van der Waals surface area contributed by atoms with E-state index in [9.17, 15) is 9.59 Å². The number of aromatic nitrogens is 2. The zero-order valence-electron chi connectivity index (χ0n) is 17.1. The van der Waals surface area contributed by atoms with Crippen molar-refractivity contribution in [2.24, 2.45) is 5.92 Å². The summed E-state index contributed by atoms with van der Waals surface area (Å²) in [6.45, 7) is 8.29. The molecule has 29 heavy (non-hydrogen) atoms. The van der Waals surface area contributed by atoms with Crippen molar-refractivity contribution in [3.05, 3.63) is 49.6 Å². The number of thioether (sulfide) groups is 1. The molecule has 2 heterocycles. The number of nitrogens with one attached hydrogen (secondary N) is 2. The lowest BCUT2D eigenvalue weighted by Crippen LogP contribution is -2.17. The Hall–Kier alpha value is -2.12. The lowest BCUT2D eigenvalue weighted by molar-refractivity contribution is -0.113. The molecule has 0 saturated carbocycles. The van der Waals surface area contributed by atoms with Gasteiger partial charge < -0.3 is 10.3 Å². The number of aryl methyl sites for hydroxylation is 4. The van der Waals surface area contributed by atoms with E-state index in [0.29, 0.717) is 11.1 Å². The molecule has 0 saturated heterocycles. The van der Waals surface area contributed by atoms with Gasteiger partial charge >= 0.3 is 0 Å². The monoisotopic (exact) mass is 427 g/mol. The van der Waals surface area contributed by atoms with E-state index < -0.39 is 0 Å². The number of hydrogen-bond donors (Lipinski definition) is 2. The summed E-state index contributed by atoms with van der Waals surface area (Å²) >= 11 is 2.90. The fourth-order valence-corrected chi connectivity index (χ4v) is 6.19. The van der Waals surface area contributed by atoms with Crippen molar-refractivity contribution in [2.75, 3.05) is 11.1 Å². The SMILES string of the molecule is Cc1cc(C)c(NC(=O)CSc2nc3sc4c(c3c(=O)[nH]2)CC[C@@H](C)C4)c(C)c1. The summed E-state index contributed by atoms with van der Waals surface area (Å²) < 4.78 is 0. The molecule has 1 aliphatic rings. The first-order valence-electron chi connectivity index (χ1n) is 9.87. The number of rotatable bonds is 4. The molecule has 3 aromatic rings. The lowest BCUT2D eigenvalue weighted by atomic mass is 9.89. The molecular formula is C22H25N3O2S2. The number of fused-ring (bicyclic) bond motifs is 3. The Kier molecular flexibility index (Phi) is 5.53. The van der Waals surface area contributed by atoms with Crippen LogP contribution in [0.4, 0.5) is 5.69 Å². The highest BCUT2D eigenvalue weighted by atomic mass is 32.2.